The number of hydrogen-bond acceptors (Lipinski definition) is 3. The molecule has 0 spiro atoms. The second kappa shape index (κ2) is 5.24. The van der Waals surface area contributed by atoms with Gasteiger partial charge in [0.05, 0.1) is 22.1 Å². The molecule has 6 heteroatoms. The number of para-hydroxylation sites is 2. The average Bonchev–Trinajstić information content (AvgIpc) is 3.14. The van der Waals surface area contributed by atoms with Crippen molar-refractivity contribution in [2.24, 2.45) is 5.73 Å². The number of nitrogens with zero attached hydrogens (tertiary/aromatic N) is 2. The van der Waals surface area contributed by atoms with Crippen LogP contribution in [0.1, 0.15) is 17.2 Å². The number of aromatic amines is 2. The van der Waals surface area contributed by atoms with Gasteiger partial charge in [-0.2, -0.15) is 0 Å². The maximum absolute atomic E-state index is 7.49. The van der Waals surface area contributed by atoms with Crippen molar-refractivity contribution < 1.29 is 0 Å². The average molecular weight is 304 g/mol. The molecule has 2 aromatic heterocycles. The predicted octanol–water partition coefficient (Wildman–Crippen LogP) is 2.51. The topological polar surface area (TPSA) is 107 Å². The Morgan fingerprint density at radius 1 is 0.913 bits per heavy atom. The van der Waals surface area contributed by atoms with Gasteiger partial charge in [0.25, 0.3) is 0 Å². The summed E-state index contributed by atoms with van der Waals surface area (Å²) in [5, 5.41) is 7.49. The number of nitrogens with one attached hydrogen (secondary N) is 3. The van der Waals surface area contributed by atoms with Crippen LogP contribution in [-0.4, -0.2) is 25.8 Å². The van der Waals surface area contributed by atoms with E-state index < -0.39 is 0 Å². The molecule has 4 rings (SSSR count). The van der Waals surface area contributed by atoms with Gasteiger partial charge in [-0.1, -0.05) is 12.1 Å². The summed E-state index contributed by atoms with van der Waals surface area (Å²) >= 11 is 0. The van der Waals surface area contributed by atoms with Gasteiger partial charge in [0.15, 0.2) is 0 Å². The molecule has 0 atom stereocenters. The second-order valence-corrected chi connectivity index (χ2v) is 5.53. The maximum Gasteiger partial charge on any atom is 0.122 e. The first-order valence-corrected chi connectivity index (χ1v) is 7.46. The van der Waals surface area contributed by atoms with Crippen LogP contribution < -0.4 is 5.73 Å². The molecule has 23 heavy (non-hydrogen) atoms. The number of benzene rings is 2. The number of nitrogen functional groups attached to an aromatic ring is 1. The minimum absolute atomic E-state index is 0.0605. The quantitative estimate of drug-likeness (QED) is 0.343. The van der Waals surface area contributed by atoms with E-state index in [4.69, 9.17) is 11.1 Å². The molecule has 5 N–H and O–H groups in total. The van der Waals surface area contributed by atoms with Crippen molar-refractivity contribution in [2.75, 3.05) is 0 Å². The highest BCUT2D eigenvalue weighted by molar-refractivity contribution is 5.97. The summed E-state index contributed by atoms with van der Waals surface area (Å²) in [6.45, 7) is 0. The van der Waals surface area contributed by atoms with Gasteiger partial charge in [-0.05, 0) is 30.3 Å². The summed E-state index contributed by atoms with van der Waals surface area (Å²) in [5.41, 5.74) is 10.0. The lowest BCUT2D eigenvalue weighted by Crippen LogP contribution is -2.10. The molecule has 0 saturated heterocycles. The smallest absolute Gasteiger partial charge is 0.122 e. The SMILES string of the molecule is N=C(N)c1ccc2nc(CCc3nc4ccccc4[nH]3)[nH]c2c1. The first-order chi connectivity index (χ1) is 11.2. The van der Waals surface area contributed by atoms with Gasteiger partial charge < -0.3 is 15.7 Å². The van der Waals surface area contributed by atoms with Crippen LogP contribution in [-0.2, 0) is 12.8 Å². The highest BCUT2D eigenvalue weighted by Gasteiger charge is 2.07. The first-order valence-electron chi connectivity index (χ1n) is 7.46. The van der Waals surface area contributed by atoms with Crippen molar-refractivity contribution in [2.45, 2.75) is 12.8 Å². The Morgan fingerprint density at radius 2 is 1.57 bits per heavy atom. The zero-order valence-corrected chi connectivity index (χ0v) is 12.4. The van der Waals surface area contributed by atoms with Crippen LogP contribution in [0, 0.1) is 5.41 Å². The number of aryl methyl sites for hydroxylation is 2. The number of fused-ring (bicyclic) bond motifs is 2. The summed E-state index contributed by atoms with van der Waals surface area (Å²) < 4.78 is 0. The third-order valence-electron chi connectivity index (χ3n) is 3.88. The fraction of sp³-hybridized carbons (Fsp3) is 0.118. The van der Waals surface area contributed by atoms with Gasteiger partial charge in [0.2, 0.25) is 0 Å². The summed E-state index contributed by atoms with van der Waals surface area (Å²) in [4.78, 5) is 15.8. The second-order valence-electron chi connectivity index (χ2n) is 5.53. The standard InChI is InChI=1S/C17H16N6/c18-17(19)10-5-6-13-14(9-10)23-16(22-13)8-7-15-20-11-3-1-2-4-12(11)21-15/h1-6,9H,7-8H2,(H3,18,19)(H,20,21)(H,22,23). The van der Waals surface area contributed by atoms with Crippen LogP contribution >= 0.6 is 0 Å². The molecule has 0 saturated carbocycles. The van der Waals surface area contributed by atoms with E-state index in [0.717, 1.165) is 46.6 Å². The molecule has 0 aliphatic carbocycles. The highest BCUT2D eigenvalue weighted by Crippen LogP contribution is 2.16. The van der Waals surface area contributed by atoms with Gasteiger partial charge >= 0.3 is 0 Å². The van der Waals surface area contributed by atoms with Crippen molar-refractivity contribution >= 4 is 27.9 Å². The van der Waals surface area contributed by atoms with Gasteiger partial charge in [-0.3, -0.25) is 5.41 Å². The molecule has 0 aliphatic rings. The van der Waals surface area contributed by atoms with Crippen LogP contribution in [0.15, 0.2) is 42.5 Å². The lowest BCUT2D eigenvalue weighted by Gasteiger charge is -1.96. The fourth-order valence-electron chi connectivity index (χ4n) is 2.71. The van der Waals surface area contributed by atoms with E-state index in [9.17, 15) is 0 Å². The number of hydrogen-bond donors (Lipinski definition) is 4. The molecule has 2 heterocycles. The highest BCUT2D eigenvalue weighted by atomic mass is 14.9. The Balaban J connectivity index is 1.56. The third-order valence-corrected chi connectivity index (χ3v) is 3.88. The lowest BCUT2D eigenvalue weighted by molar-refractivity contribution is 0.844. The molecule has 0 amide bonds. The molecular formula is C17H16N6. The number of amidine groups is 1. The fourth-order valence-corrected chi connectivity index (χ4v) is 2.71. The summed E-state index contributed by atoms with van der Waals surface area (Å²) in [6, 6.07) is 13.6. The number of H-pyrrole nitrogens is 2. The van der Waals surface area contributed by atoms with Crippen molar-refractivity contribution in [1.29, 1.82) is 5.41 Å². The van der Waals surface area contributed by atoms with Crippen LogP contribution in [0.5, 0.6) is 0 Å². The maximum atomic E-state index is 7.49. The van der Waals surface area contributed by atoms with Crippen molar-refractivity contribution in [1.82, 2.24) is 19.9 Å². The Labute approximate surface area is 132 Å². The molecule has 0 bridgehead atoms. The molecule has 0 aliphatic heterocycles. The Bertz CT molecular complexity index is 977. The van der Waals surface area contributed by atoms with Gasteiger partial charge in [0, 0.05) is 18.4 Å². The number of rotatable bonds is 4. The van der Waals surface area contributed by atoms with Crippen LogP contribution in [0.3, 0.4) is 0 Å². The predicted molar refractivity (Wildman–Crippen MR) is 90.6 cm³/mol. The van der Waals surface area contributed by atoms with Gasteiger partial charge in [-0.25, -0.2) is 9.97 Å². The molecule has 0 radical (unpaired) electrons. The minimum Gasteiger partial charge on any atom is -0.384 e. The van der Waals surface area contributed by atoms with E-state index in [2.05, 4.69) is 19.9 Å². The zero-order chi connectivity index (χ0) is 15.8. The van der Waals surface area contributed by atoms with Crippen LogP contribution in [0.2, 0.25) is 0 Å². The summed E-state index contributed by atoms with van der Waals surface area (Å²) in [5.74, 6) is 1.92. The van der Waals surface area contributed by atoms with E-state index >= 15 is 0 Å². The Kier molecular flexibility index (Phi) is 3.08. The van der Waals surface area contributed by atoms with Crippen molar-refractivity contribution in [3.05, 3.63) is 59.7 Å². The van der Waals surface area contributed by atoms with Crippen LogP contribution in [0.4, 0.5) is 0 Å². The molecule has 6 nitrogen and oxygen atoms in total. The van der Waals surface area contributed by atoms with E-state index in [1.807, 2.05) is 42.5 Å². The van der Waals surface area contributed by atoms with E-state index in [-0.39, 0.29) is 5.84 Å². The van der Waals surface area contributed by atoms with Crippen molar-refractivity contribution in [3.63, 3.8) is 0 Å². The molecule has 0 fully saturated rings. The number of nitrogens with two attached hydrogens (primary N) is 1. The zero-order valence-electron chi connectivity index (χ0n) is 12.4. The summed E-state index contributed by atoms with van der Waals surface area (Å²) in [6.07, 6.45) is 1.55. The van der Waals surface area contributed by atoms with Gasteiger partial charge in [0.1, 0.15) is 17.5 Å². The number of imidazole rings is 2. The Morgan fingerprint density at radius 3 is 2.26 bits per heavy atom. The largest absolute Gasteiger partial charge is 0.384 e. The van der Waals surface area contributed by atoms with E-state index in [1.54, 1.807) is 0 Å². The molecule has 4 aromatic rings. The Hall–Kier alpha value is -3.15. The molecule has 2 aromatic carbocycles. The first kappa shape index (κ1) is 13.5. The minimum atomic E-state index is 0.0605. The van der Waals surface area contributed by atoms with Gasteiger partial charge in [-0.15, -0.1) is 0 Å². The summed E-state index contributed by atoms with van der Waals surface area (Å²) in [7, 11) is 0. The number of aromatic nitrogens is 4. The molecule has 0 unspecified atom stereocenters. The van der Waals surface area contributed by atoms with Crippen molar-refractivity contribution in [3.8, 4) is 0 Å². The van der Waals surface area contributed by atoms with E-state index in [1.165, 1.54) is 0 Å². The monoisotopic (exact) mass is 304 g/mol. The molecular weight excluding hydrogens is 288 g/mol. The lowest BCUT2D eigenvalue weighted by atomic mass is 10.2. The third kappa shape index (κ3) is 2.55. The normalized spacial score (nSPS) is 11.3. The van der Waals surface area contributed by atoms with Crippen LogP contribution in [0.25, 0.3) is 22.1 Å². The molecule has 114 valence electrons. The van der Waals surface area contributed by atoms with E-state index in [0.29, 0.717) is 5.56 Å².